The molecule has 0 aliphatic carbocycles. The summed E-state index contributed by atoms with van der Waals surface area (Å²) in [6, 6.07) is 15.7. The number of anilines is 2. The van der Waals surface area contributed by atoms with Gasteiger partial charge in [-0.15, -0.1) is 11.8 Å². The van der Waals surface area contributed by atoms with Crippen molar-refractivity contribution < 1.29 is 9.59 Å². The second kappa shape index (κ2) is 9.47. The molecule has 28 heavy (non-hydrogen) atoms. The van der Waals surface area contributed by atoms with Gasteiger partial charge in [0.1, 0.15) is 0 Å². The van der Waals surface area contributed by atoms with E-state index in [2.05, 4.69) is 26.1 Å². The molecule has 7 heteroatoms. The number of benzene rings is 2. The highest BCUT2D eigenvalue weighted by Gasteiger charge is 2.25. The van der Waals surface area contributed by atoms with Gasteiger partial charge in [-0.1, -0.05) is 28.1 Å². The Labute approximate surface area is 178 Å². The number of primary amides is 1. The van der Waals surface area contributed by atoms with E-state index < -0.39 is 0 Å². The van der Waals surface area contributed by atoms with E-state index in [0.29, 0.717) is 0 Å². The number of carbonyl (C=O) groups excluding carboxylic acids is 2. The van der Waals surface area contributed by atoms with E-state index in [1.165, 1.54) is 11.8 Å². The summed E-state index contributed by atoms with van der Waals surface area (Å²) < 4.78 is 1.02. The third kappa shape index (κ3) is 5.29. The van der Waals surface area contributed by atoms with Crippen molar-refractivity contribution in [1.82, 2.24) is 0 Å². The molecule has 2 aromatic carbocycles. The maximum absolute atomic E-state index is 12.7. The molecule has 0 spiro atoms. The van der Waals surface area contributed by atoms with Gasteiger partial charge in [-0.2, -0.15) is 0 Å². The summed E-state index contributed by atoms with van der Waals surface area (Å²) in [4.78, 5) is 27.4. The third-order valence-electron chi connectivity index (χ3n) is 4.90. The number of nitrogens with one attached hydrogen (secondary N) is 1. The zero-order valence-corrected chi connectivity index (χ0v) is 18.1. The molecule has 1 aliphatic rings. The minimum Gasteiger partial charge on any atom is -0.370 e. The lowest BCUT2D eigenvalue weighted by molar-refractivity contribution is -0.122. The Kier molecular flexibility index (Phi) is 7.02. The highest BCUT2D eigenvalue weighted by atomic mass is 79.9. The van der Waals surface area contributed by atoms with Crippen molar-refractivity contribution in [3.8, 4) is 0 Å². The molecule has 3 N–H and O–H groups in total. The zero-order valence-electron chi connectivity index (χ0n) is 15.7. The Morgan fingerprint density at radius 2 is 1.79 bits per heavy atom. The van der Waals surface area contributed by atoms with Crippen LogP contribution in [0.25, 0.3) is 0 Å². The van der Waals surface area contributed by atoms with Gasteiger partial charge in [0.15, 0.2) is 0 Å². The van der Waals surface area contributed by atoms with E-state index in [1.807, 2.05) is 55.5 Å². The summed E-state index contributed by atoms with van der Waals surface area (Å²) in [6.45, 7) is 3.41. The molecule has 3 rings (SSSR count). The van der Waals surface area contributed by atoms with Crippen LogP contribution in [0.1, 0.15) is 19.8 Å². The van der Waals surface area contributed by atoms with Crippen LogP contribution >= 0.6 is 27.7 Å². The van der Waals surface area contributed by atoms with E-state index in [4.69, 9.17) is 5.73 Å². The number of rotatable bonds is 6. The first-order valence-corrected chi connectivity index (χ1v) is 11.0. The lowest BCUT2D eigenvalue weighted by Crippen LogP contribution is -2.39. The van der Waals surface area contributed by atoms with Crippen molar-refractivity contribution in [3.05, 3.63) is 53.0 Å². The van der Waals surface area contributed by atoms with Gasteiger partial charge in [0.25, 0.3) is 0 Å². The molecule has 1 atom stereocenters. The number of carbonyl (C=O) groups is 2. The summed E-state index contributed by atoms with van der Waals surface area (Å²) in [5, 5.41) is 2.84. The number of hydrogen-bond acceptors (Lipinski definition) is 4. The molecule has 2 aromatic rings. The average Bonchev–Trinajstić information content (AvgIpc) is 2.70. The maximum Gasteiger partial charge on any atom is 0.237 e. The van der Waals surface area contributed by atoms with Crippen LogP contribution in [0, 0.1) is 5.92 Å². The van der Waals surface area contributed by atoms with Gasteiger partial charge in [0, 0.05) is 28.4 Å². The number of piperidine rings is 1. The number of amides is 2. The molecule has 1 heterocycles. The Morgan fingerprint density at radius 1 is 1.14 bits per heavy atom. The molecule has 1 unspecified atom stereocenters. The first-order valence-electron chi connectivity index (χ1n) is 9.30. The summed E-state index contributed by atoms with van der Waals surface area (Å²) >= 11 is 4.95. The van der Waals surface area contributed by atoms with Crippen LogP contribution in [0.4, 0.5) is 11.4 Å². The fourth-order valence-electron chi connectivity index (χ4n) is 3.27. The lowest BCUT2D eigenvalue weighted by Gasteiger charge is -2.33. The van der Waals surface area contributed by atoms with E-state index in [9.17, 15) is 9.59 Å². The van der Waals surface area contributed by atoms with E-state index in [0.717, 1.165) is 46.7 Å². The quantitative estimate of drug-likeness (QED) is 0.629. The molecule has 0 radical (unpaired) electrons. The fourth-order valence-corrected chi connectivity index (χ4v) is 4.40. The van der Waals surface area contributed by atoms with Gasteiger partial charge >= 0.3 is 0 Å². The monoisotopic (exact) mass is 461 g/mol. The number of nitrogens with zero attached hydrogens (tertiary/aromatic N) is 1. The molecule has 148 valence electrons. The van der Waals surface area contributed by atoms with Gasteiger partial charge in [-0.05, 0) is 56.2 Å². The summed E-state index contributed by atoms with van der Waals surface area (Å²) in [6.07, 6.45) is 1.49. The van der Waals surface area contributed by atoms with E-state index >= 15 is 0 Å². The van der Waals surface area contributed by atoms with Crippen LogP contribution < -0.4 is 16.0 Å². The lowest BCUT2D eigenvalue weighted by atomic mass is 9.96. The van der Waals surface area contributed by atoms with Crippen LogP contribution in [-0.4, -0.2) is 30.2 Å². The smallest absolute Gasteiger partial charge is 0.237 e. The van der Waals surface area contributed by atoms with Crippen LogP contribution in [0.2, 0.25) is 0 Å². The SMILES string of the molecule is CC(Sc1ccc(Br)cc1)C(=O)Nc1ccccc1N1CCC(C(N)=O)CC1. The molecule has 0 aromatic heterocycles. The van der Waals surface area contributed by atoms with Crippen LogP contribution in [0.3, 0.4) is 0 Å². The standard InChI is InChI=1S/C21H24BrN3O2S/c1-14(28-17-8-6-16(22)7-9-17)21(27)24-18-4-2-3-5-19(18)25-12-10-15(11-13-25)20(23)26/h2-9,14-15H,10-13H2,1H3,(H2,23,26)(H,24,27). The summed E-state index contributed by atoms with van der Waals surface area (Å²) in [5.41, 5.74) is 7.22. The second-order valence-corrected chi connectivity index (χ2v) is 9.21. The molecule has 2 amide bonds. The van der Waals surface area contributed by atoms with Gasteiger partial charge in [-0.25, -0.2) is 0 Å². The number of thioether (sulfide) groups is 1. The minimum absolute atomic E-state index is 0.0348. The van der Waals surface area contributed by atoms with Crippen molar-refractivity contribution in [3.63, 3.8) is 0 Å². The van der Waals surface area contributed by atoms with Gasteiger partial charge < -0.3 is 16.0 Å². The summed E-state index contributed by atoms with van der Waals surface area (Å²) in [5.74, 6) is -0.312. The van der Waals surface area contributed by atoms with Crippen molar-refractivity contribution in [2.45, 2.75) is 29.9 Å². The van der Waals surface area contributed by atoms with Crippen molar-refractivity contribution >= 4 is 50.9 Å². The predicted octanol–water partition coefficient (Wildman–Crippen LogP) is 4.27. The van der Waals surface area contributed by atoms with Crippen LogP contribution in [0.5, 0.6) is 0 Å². The number of hydrogen-bond donors (Lipinski definition) is 2. The third-order valence-corrected chi connectivity index (χ3v) is 6.54. The zero-order chi connectivity index (χ0) is 20.1. The largest absolute Gasteiger partial charge is 0.370 e. The maximum atomic E-state index is 12.7. The van der Waals surface area contributed by atoms with Crippen molar-refractivity contribution in [2.24, 2.45) is 11.7 Å². The molecule has 0 bridgehead atoms. The second-order valence-electron chi connectivity index (χ2n) is 6.88. The summed E-state index contributed by atoms with van der Waals surface area (Å²) in [7, 11) is 0. The first kappa shape index (κ1) is 20.7. The normalized spacial score (nSPS) is 15.9. The fraction of sp³-hybridized carbons (Fsp3) is 0.333. The van der Waals surface area contributed by atoms with Gasteiger partial charge in [0.05, 0.1) is 16.6 Å². The van der Waals surface area contributed by atoms with E-state index in [1.54, 1.807) is 0 Å². The number of para-hydroxylation sites is 2. The van der Waals surface area contributed by atoms with Crippen LogP contribution in [-0.2, 0) is 9.59 Å². The van der Waals surface area contributed by atoms with Crippen LogP contribution in [0.15, 0.2) is 57.9 Å². The highest BCUT2D eigenvalue weighted by Crippen LogP contribution is 2.31. The topological polar surface area (TPSA) is 75.4 Å². The molecule has 5 nitrogen and oxygen atoms in total. The Morgan fingerprint density at radius 3 is 2.43 bits per heavy atom. The Bertz CT molecular complexity index is 836. The molecule has 0 saturated carbocycles. The van der Waals surface area contributed by atoms with Gasteiger partial charge in [-0.3, -0.25) is 9.59 Å². The molecular weight excluding hydrogens is 438 g/mol. The Balaban J connectivity index is 1.65. The number of halogens is 1. The highest BCUT2D eigenvalue weighted by molar-refractivity contribution is 9.10. The molecular formula is C21H24BrN3O2S. The van der Waals surface area contributed by atoms with Crippen molar-refractivity contribution in [2.75, 3.05) is 23.3 Å². The number of nitrogens with two attached hydrogens (primary N) is 1. The minimum atomic E-state index is -0.227. The predicted molar refractivity (Wildman–Crippen MR) is 119 cm³/mol. The van der Waals surface area contributed by atoms with Gasteiger partial charge in [0.2, 0.25) is 11.8 Å². The average molecular weight is 462 g/mol. The molecule has 1 fully saturated rings. The molecule has 1 aliphatic heterocycles. The van der Waals surface area contributed by atoms with Crippen molar-refractivity contribution in [1.29, 1.82) is 0 Å². The van der Waals surface area contributed by atoms with E-state index in [-0.39, 0.29) is 23.0 Å². The Hall–Kier alpha value is -1.99. The first-order chi connectivity index (χ1) is 13.4. The molecule has 1 saturated heterocycles.